The number of halogens is 2. The van der Waals surface area contributed by atoms with Crippen LogP contribution in [0.4, 0.5) is 8.78 Å². The molecule has 7 heteroatoms. The molecule has 0 spiro atoms. The largest absolute Gasteiger partial charge is 0.434 e. The minimum atomic E-state index is -2.92. The average molecular weight is 310 g/mol. The fourth-order valence-corrected chi connectivity index (χ4v) is 2.89. The molecule has 0 aliphatic carbocycles. The molecule has 0 unspecified atom stereocenters. The van der Waals surface area contributed by atoms with Gasteiger partial charge in [0, 0.05) is 17.4 Å². The molecule has 1 aliphatic heterocycles. The Morgan fingerprint density at radius 3 is 3.05 bits per heavy atom. The third-order valence-corrected chi connectivity index (χ3v) is 3.92. The molecule has 3 rings (SSSR count). The zero-order chi connectivity index (χ0) is 15.7. The molecule has 1 fully saturated rings. The standard InChI is InChI=1S/C15H16F2N2O3/c16-15(17)22-13-5-1-4-11-10(13)7-12(18-11)14(21)19-6-2-3-9(19)8-20/h1,4-5,7,9,15,18,20H,2-3,6,8H2/t9-/m1/s1. The number of aromatic nitrogens is 1. The number of H-pyrrole nitrogens is 1. The Kier molecular flexibility index (Phi) is 3.98. The fraction of sp³-hybridized carbons (Fsp3) is 0.400. The molecule has 1 saturated heterocycles. The maximum Gasteiger partial charge on any atom is 0.387 e. The molecule has 0 bridgehead atoms. The number of carbonyl (C=O) groups excluding carboxylic acids is 1. The van der Waals surface area contributed by atoms with Crippen LogP contribution in [0.2, 0.25) is 0 Å². The monoisotopic (exact) mass is 310 g/mol. The SMILES string of the molecule is O=C(c1cc2c(OC(F)F)cccc2[nH]1)N1CCC[C@@H]1CO. The van der Waals surface area contributed by atoms with E-state index < -0.39 is 6.61 Å². The van der Waals surface area contributed by atoms with Crippen LogP contribution < -0.4 is 4.74 Å². The maximum atomic E-state index is 12.5. The first-order chi connectivity index (χ1) is 10.6. The third kappa shape index (κ3) is 2.64. The number of aliphatic hydroxyl groups excluding tert-OH is 1. The van der Waals surface area contributed by atoms with Crippen LogP contribution in [0, 0.1) is 0 Å². The van der Waals surface area contributed by atoms with Gasteiger partial charge in [0.1, 0.15) is 11.4 Å². The number of ether oxygens (including phenoxy) is 1. The van der Waals surface area contributed by atoms with Crippen LogP contribution in [0.3, 0.4) is 0 Å². The number of hydrogen-bond donors (Lipinski definition) is 2. The van der Waals surface area contributed by atoms with Crippen molar-refractivity contribution in [2.75, 3.05) is 13.2 Å². The third-order valence-electron chi connectivity index (χ3n) is 3.92. The number of alkyl halides is 2. The van der Waals surface area contributed by atoms with Crippen molar-refractivity contribution in [2.24, 2.45) is 0 Å². The second-order valence-corrected chi connectivity index (χ2v) is 5.26. The molecule has 1 aromatic heterocycles. The highest BCUT2D eigenvalue weighted by Crippen LogP contribution is 2.29. The number of likely N-dealkylation sites (tertiary alicyclic amines) is 1. The summed E-state index contributed by atoms with van der Waals surface area (Å²) in [5.74, 6) is -0.210. The molecule has 118 valence electrons. The second kappa shape index (κ2) is 5.92. The lowest BCUT2D eigenvalue weighted by atomic mass is 10.2. The van der Waals surface area contributed by atoms with Gasteiger partial charge in [-0.1, -0.05) is 6.07 Å². The summed E-state index contributed by atoms with van der Waals surface area (Å²) in [4.78, 5) is 17.1. The Morgan fingerprint density at radius 1 is 1.50 bits per heavy atom. The molecule has 0 saturated carbocycles. The molecule has 22 heavy (non-hydrogen) atoms. The first-order valence-electron chi connectivity index (χ1n) is 7.08. The molecule has 5 nitrogen and oxygen atoms in total. The van der Waals surface area contributed by atoms with Crippen molar-refractivity contribution in [1.82, 2.24) is 9.88 Å². The Labute approximate surface area is 125 Å². The zero-order valence-electron chi connectivity index (χ0n) is 11.8. The van der Waals surface area contributed by atoms with E-state index in [1.165, 1.54) is 12.1 Å². The lowest BCUT2D eigenvalue weighted by Crippen LogP contribution is -2.37. The predicted octanol–water partition coefficient (Wildman–Crippen LogP) is 2.37. The van der Waals surface area contributed by atoms with Crippen LogP contribution in [0.25, 0.3) is 10.9 Å². The molecule has 1 amide bonds. The van der Waals surface area contributed by atoms with Gasteiger partial charge in [-0.05, 0) is 31.0 Å². The van der Waals surface area contributed by atoms with Crippen molar-refractivity contribution in [3.63, 3.8) is 0 Å². The van der Waals surface area contributed by atoms with Gasteiger partial charge in [0.15, 0.2) is 0 Å². The number of amides is 1. The molecule has 2 N–H and O–H groups in total. The number of hydrogen-bond acceptors (Lipinski definition) is 3. The van der Waals surface area contributed by atoms with Crippen molar-refractivity contribution in [3.8, 4) is 5.75 Å². The van der Waals surface area contributed by atoms with Gasteiger partial charge >= 0.3 is 6.61 Å². The lowest BCUT2D eigenvalue weighted by molar-refractivity contribution is -0.0487. The van der Waals surface area contributed by atoms with Crippen molar-refractivity contribution in [3.05, 3.63) is 30.0 Å². The Balaban J connectivity index is 1.93. The Bertz CT molecular complexity index is 686. The van der Waals surface area contributed by atoms with E-state index in [1.807, 2.05) is 0 Å². The number of aromatic amines is 1. The summed E-state index contributed by atoms with van der Waals surface area (Å²) < 4.78 is 29.3. The summed E-state index contributed by atoms with van der Waals surface area (Å²) in [5, 5.41) is 9.74. The molecule has 2 heterocycles. The summed E-state index contributed by atoms with van der Waals surface area (Å²) in [6.07, 6.45) is 1.61. The van der Waals surface area contributed by atoms with E-state index in [0.29, 0.717) is 23.1 Å². The summed E-state index contributed by atoms with van der Waals surface area (Å²) in [7, 11) is 0. The maximum absolute atomic E-state index is 12.5. The topological polar surface area (TPSA) is 65.6 Å². The smallest absolute Gasteiger partial charge is 0.387 e. The van der Waals surface area contributed by atoms with Crippen molar-refractivity contribution >= 4 is 16.8 Å². The molecule has 1 aromatic carbocycles. The number of rotatable bonds is 4. The summed E-state index contributed by atoms with van der Waals surface area (Å²) in [6.45, 7) is -2.41. The minimum Gasteiger partial charge on any atom is -0.434 e. The summed E-state index contributed by atoms with van der Waals surface area (Å²) in [6, 6.07) is 6.04. The minimum absolute atomic E-state index is 0.0305. The highest BCUT2D eigenvalue weighted by Gasteiger charge is 2.29. The summed E-state index contributed by atoms with van der Waals surface area (Å²) in [5.41, 5.74) is 0.863. The van der Waals surface area contributed by atoms with Gasteiger partial charge in [-0.2, -0.15) is 8.78 Å². The predicted molar refractivity (Wildman–Crippen MR) is 76.1 cm³/mol. The van der Waals surface area contributed by atoms with Gasteiger partial charge in [0.05, 0.1) is 12.6 Å². The van der Waals surface area contributed by atoms with Gasteiger partial charge in [-0.15, -0.1) is 0 Å². The van der Waals surface area contributed by atoms with E-state index in [-0.39, 0.29) is 24.3 Å². The van der Waals surface area contributed by atoms with Crippen molar-refractivity contribution in [2.45, 2.75) is 25.5 Å². The molecule has 1 aliphatic rings. The highest BCUT2D eigenvalue weighted by molar-refractivity contribution is 5.99. The average Bonchev–Trinajstić information content (AvgIpc) is 3.12. The number of nitrogens with one attached hydrogen (secondary N) is 1. The first-order valence-corrected chi connectivity index (χ1v) is 7.08. The normalized spacial score (nSPS) is 18.4. The van der Waals surface area contributed by atoms with Gasteiger partial charge in [-0.3, -0.25) is 4.79 Å². The van der Waals surface area contributed by atoms with Gasteiger partial charge < -0.3 is 19.7 Å². The van der Waals surface area contributed by atoms with E-state index in [4.69, 9.17) is 0 Å². The van der Waals surface area contributed by atoms with Crippen molar-refractivity contribution in [1.29, 1.82) is 0 Å². The van der Waals surface area contributed by atoms with Crippen LogP contribution in [0.5, 0.6) is 5.75 Å². The van der Waals surface area contributed by atoms with E-state index in [0.717, 1.165) is 12.8 Å². The fourth-order valence-electron chi connectivity index (χ4n) is 2.89. The Hall–Kier alpha value is -2.15. The highest BCUT2D eigenvalue weighted by atomic mass is 19.3. The van der Waals surface area contributed by atoms with E-state index >= 15 is 0 Å². The van der Waals surface area contributed by atoms with Crippen molar-refractivity contribution < 1.29 is 23.4 Å². The molecular weight excluding hydrogens is 294 g/mol. The van der Waals surface area contributed by atoms with E-state index in [9.17, 15) is 18.7 Å². The van der Waals surface area contributed by atoms with Gasteiger partial charge in [-0.25, -0.2) is 0 Å². The van der Waals surface area contributed by atoms with Crippen LogP contribution in [-0.4, -0.2) is 46.7 Å². The zero-order valence-corrected chi connectivity index (χ0v) is 11.8. The number of benzene rings is 1. The molecule has 1 atom stereocenters. The quantitative estimate of drug-likeness (QED) is 0.911. The lowest BCUT2D eigenvalue weighted by Gasteiger charge is -2.22. The van der Waals surface area contributed by atoms with Crippen LogP contribution in [0.15, 0.2) is 24.3 Å². The molecule has 2 aromatic rings. The van der Waals surface area contributed by atoms with E-state index in [2.05, 4.69) is 9.72 Å². The number of carbonyl (C=O) groups is 1. The Morgan fingerprint density at radius 2 is 2.32 bits per heavy atom. The molecular formula is C15H16F2N2O3. The molecule has 0 radical (unpaired) electrons. The van der Waals surface area contributed by atoms with Crippen LogP contribution in [0.1, 0.15) is 23.3 Å². The number of nitrogens with zero attached hydrogens (tertiary/aromatic N) is 1. The van der Waals surface area contributed by atoms with Gasteiger partial charge in [0.2, 0.25) is 0 Å². The number of fused-ring (bicyclic) bond motifs is 1. The first kappa shape index (κ1) is 14.8. The van der Waals surface area contributed by atoms with Crippen LogP contribution in [-0.2, 0) is 0 Å². The second-order valence-electron chi connectivity index (χ2n) is 5.26. The summed E-state index contributed by atoms with van der Waals surface area (Å²) >= 11 is 0. The number of aliphatic hydroxyl groups is 1. The van der Waals surface area contributed by atoms with E-state index in [1.54, 1.807) is 17.0 Å². The van der Waals surface area contributed by atoms with Crippen LogP contribution >= 0.6 is 0 Å². The van der Waals surface area contributed by atoms with Gasteiger partial charge in [0.25, 0.3) is 5.91 Å².